The molecule has 26 heavy (non-hydrogen) atoms. The van der Waals surface area contributed by atoms with E-state index in [1.54, 1.807) is 54.7 Å². The Bertz CT molecular complexity index is 865. The number of nitrogens with zero attached hydrogens (tertiary/aromatic N) is 1. The molecule has 0 saturated heterocycles. The van der Waals surface area contributed by atoms with E-state index in [0.29, 0.717) is 22.9 Å². The maximum Gasteiger partial charge on any atom is 0.274 e. The number of hydrogen-bond donors (Lipinski definition) is 2. The number of hydrogen-bond acceptors (Lipinski definition) is 3. The second-order valence-electron chi connectivity index (χ2n) is 5.70. The fraction of sp³-hybridized carbons (Fsp3) is 0.100. The molecule has 4 nitrogen and oxygen atoms in total. The number of carbonyl (C=O) groups excluding carboxylic acids is 1. The molecule has 0 spiro atoms. The van der Waals surface area contributed by atoms with Crippen LogP contribution in [0.3, 0.4) is 0 Å². The van der Waals surface area contributed by atoms with Crippen LogP contribution in [0, 0.1) is 5.82 Å². The zero-order valence-electron chi connectivity index (χ0n) is 13.9. The van der Waals surface area contributed by atoms with E-state index in [4.69, 9.17) is 11.6 Å². The van der Waals surface area contributed by atoms with E-state index in [2.05, 4.69) is 15.6 Å². The normalized spacial score (nSPS) is 10.4. The number of halogens is 2. The standard InChI is InChI=1S/C20H17ClFN3O/c21-15-3-7-17(8-4-15)25-20(26)19-10-9-18(13-24-19)23-12-11-14-1-5-16(22)6-2-14/h1-10,13,23H,11-12H2,(H,25,26). The molecule has 1 heterocycles. The summed E-state index contributed by atoms with van der Waals surface area (Å²) in [6.07, 6.45) is 2.38. The minimum absolute atomic E-state index is 0.238. The predicted octanol–water partition coefficient (Wildman–Crippen LogP) is 4.78. The van der Waals surface area contributed by atoms with Crippen molar-refractivity contribution < 1.29 is 9.18 Å². The molecule has 0 aliphatic heterocycles. The second kappa shape index (κ2) is 8.45. The molecule has 0 unspecified atom stereocenters. The van der Waals surface area contributed by atoms with Crippen molar-refractivity contribution in [3.05, 3.63) is 89.0 Å². The van der Waals surface area contributed by atoms with Gasteiger partial charge in [-0.2, -0.15) is 0 Å². The number of carbonyl (C=O) groups is 1. The number of pyridine rings is 1. The van der Waals surface area contributed by atoms with Crippen LogP contribution in [0.25, 0.3) is 0 Å². The van der Waals surface area contributed by atoms with Crippen molar-refractivity contribution in [3.8, 4) is 0 Å². The monoisotopic (exact) mass is 369 g/mol. The molecule has 0 bridgehead atoms. The Hall–Kier alpha value is -2.92. The largest absolute Gasteiger partial charge is 0.383 e. The van der Waals surface area contributed by atoms with Crippen LogP contribution in [0.2, 0.25) is 5.02 Å². The van der Waals surface area contributed by atoms with Crippen molar-refractivity contribution in [2.75, 3.05) is 17.2 Å². The Morgan fingerprint density at radius 1 is 0.962 bits per heavy atom. The van der Waals surface area contributed by atoms with Crippen LogP contribution in [0.4, 0.5) is 15.8 Å². The number of aromatic nitrogens is 1. The van der Waals surface area contributed by atoms with Gasteiger partial charge in [-0.15, -0.1) is 0 Å². The third-order valence-corrected chi connectivity index (χ3v) is 4.01. The Morgan fingerprint density at radius 3 is 2.31 bits per heavy atom. The molecule has 0 aliphatic rings. The van der Waals surface area contributed by atoms with Gasteiger partial charge < -0.3 is 10.6 Å². The van der Waals surface area contributed by atoms with Crippen LogP contribution < -0.4 is 10.6 Å². The molecule has 132 valence electrons. The van der Waals surface area contributed by atoms with Gasteiger partial charge in [0.25, 0.3) is 5.91 Å². The number of anilines is 2. The first-order valence-electron chi connectivity index (χ1n) is 8.11. The zero-order valence-corrected chi connectivity index (χ0v) is 14.6. The molecule has 6 heteroatoms. The van der Waals surface area contributed by atoms with Crippen molar-refractivity contribution in [2.24, 2.45) is 0 Å². The first-order valence-corrected chi connectivity index (χ1v) is 8.49. The molecule has 0 atom stereocenters. The average molecular weight is 370 g/mol. The van der Waals surface area contributed by atoms with Crippen molar-refractivity contribution >= 4 is 28.9 Å². The maximum absolute atomic E-state index is 12.9. The van der Waals surface area contributed by atoms with Gasteiger partial charge in [-0.05, 0) is 60.5 Å². The summed E-state index contributed by atoms with van der Waals surface area (Å²) in [4.78, 5) is 16.4. The Balaban J connectivity index is 1.51. The summed E-state index contributed by atoms with van der Waals surface area (Å²) in [5.74, 6) is -0.524. The second-order valence-corrected chi connectivity index (χ2v) is 6.13. The fourth-order valence-electron chi connectivity index (χ4n) is 2.36. The minimum Gasteiger partial charge on any atom is -0.383 e. The van der Waals surface area contributed by atoms with E-state index in [9.17, 15) is 9.18 Å². The zero-order chi connectivity index (χ0) is 18.4. The summed E-state index contributed by atoms with van der Waals surface area (Å²) in [5.41, 5.74) is 2.84. The molecule has 2 N–H and O–H groups in total. The van der Waals surface area contributed by atoms with Crippen molar-refractivity contribution in [3.63, 3.8) is 0 Å². The smallest absolute Gasteiger partial charge is 0.274 e. The molecule has 2 aromatic carbocycles. The third kappa shape index (κ3) is 5.04. The van der Waals surface area contributed by atoms with E-state index >= 15 is 0 Å². The van der Waals surface area contributed by atoms with E-state index in [0.717, 1.165) is 17.7 Å². The van der Waals surface area contributed by atoms with Gasteiger partial charge in [0.1, 0.15) is 11.5 Å². The Morgan fingerprint density at radius 2 is 1.65 bits per heavy atom. The first-order chi connectivity index (χ1) is 12.6. The number of benzene rings is 2. The summed E-state index contributed by atoms with van der Waals surface area (Å²) in [7, 11) is 0. The Labute approximate surface area is 156 Å². The molecular weight excluding hydrogens is 353 g/mol. The summed E-state index contributed by atoms with van der Waals surface area (Å²) >= 11 is 5.82. The van der Waals surface area contributed by atoms with E-state index in [1.807, 2.05) is 0 Å². The minimum atomic E-state index is -0.287. The van der Waals surface area contributed by atoms with Crippen LogP contribution in [-0.2, 0) is 6.42 Å². The van der Waals surface area contributed by atoms with Crippen molar-refractivity contribution in [2.45, 2.75) is 6.42 Å². The highest BCUT2D eigenvalue weighted by Crippen LogP contribution is 2.15. The summed E-state index contributed by atoms with van der Waals surface area (Å²) in [5, 5.41) is 6.60. The van der Waals surface area contributed by atoms with Crippen LogP contribution >= 0.6 is 11.6 Å². The van der Waals surface area contributed by atoms with Gasteiger partial charge in [-0.25, -0.2) is 9.37 Å². The number of rotatable bonds is 6. The molecule has 3 rings (SSSR count). The maximum atomic E-state index is 12.9. The van der Waals surface area contributed by atoms with Gasteiger partial charge in [-0.1, -0.05) is 23.7 Å². The van der Waals surface area contributed by atoms with Crippen molar-refractivity contribution in [1.29, 1.82) is 0 Å². The van der Waals surface area contributed by atoms with E-state index in [1.165, 1.54) is 12.1 Å². The third-order valence-electron chi connectivity index (χ3n) is 3.75. The van der Waals surface area contributed by atoms with Gasteiger partial charge in [-0.3, -0.25) is 4.79 Å². The van der Waals surface area contributed by atoms with Gasteiger partial charge in [0, 0.05) is 17.3 Å². The van der Waals surface area contributed by atoms with Gasteiger partial charge >= 0.3 is 0 Å². The lowest BCUT2D eigenvalue weighted by Gasteiger charge is -2.08. The lowest BCUT2D eigenvalue weighted by molar-refractivity contribution is 0.102. The summed E-state index contributed by atoms with van der Waals surface area (Å²) in [6.45, 7) is 0.684. The van der Waals surface area contributed by atoms with Gasteiger partial charge in [0.15, 0.2) is 0 Å². The van der Waals surface area contributed by atoms with Crippen LogP contribution in [0.5, 0.6) is 0 Å². The summed E-state index contributed by atoms with van der Waals surface area (Å²) in [6, 6.07) is 16.8. The van der Waals surface area contributed by atoms with E-state index in [-0.39, 0.29) is 11.7 Å². The molecule has 0 radical (unpaired) electrons. The van der Waals surface area contributed by atoms with E-state index < -0.39 is 0 Å². The highest BCUT2D eigenvalue weighted by molar-refractivity contribution is 6.30. The van der Waals surface area contributed by atoms with Crippen LogP contribution in [0.15, 0.2) is 66.9 Å². The topological polar surface area (TPSA) is 54.0 Å². The quantitative estimate of drug-likeness (QED) is 0.657. The first kappa shape index (κ1) is 17.9. The number of amides is 1. The lowest BCUT2D eigenvalue weighted by Crippen LogP contribution is -2.14. The van der Waals surface area contributed by atoms with Gasteiger partial charge in [0.05, 0.1) is 11.9 Å². The van der Waals surface area contributed by atoms with Crippen LogP contribution in [0.1, 0.15) is 16.1 Å². The average Bonchev–Trinajstić information content (AvgIpc) is 2.66. The van der Waals surface area contributed by atoms with Crippen molar-refractivity contribution in [1.82, 2.24) is 4.98 Å². The fourth-order valence-corrected chi connectivity index (χ4v) is 2.49. The van der Waals surface area contributed by atoms with Crippen LogP contribution in [-0.4, -0.2) is 17.4 Å². The molecular formula is C20H17ClFN3O. The Kier molecular flexibility index (Phi) is 5.81. The molecule has 3 aromatic rings. The number of nitrogens with one attached hydrogen (secondary N) is 2. The molecule has 1 amide bonds. The highest BCUT2D eigenvalue weighted by Gasteiger charge is 2.07. The molecule has 0 saturated carbocycles. The SMILES string of the molecule is O=C(Nc1ccc(Cl)cc1)c1ccc(NCCc2ccc(F)cc2)cn1. The molecule has 0 aliphatic carbocycles. The molecule has 0 fully saturated rings. The summed E-state index contributed by atoms with van der Waals surface area (Å²) < 4.78 is 12.9. The highest BCUT2D eigenvalue weighted by atomic mass is 35.5. The lowest BCUT2D eigenvalue weighted by atomic mass is 10.1. The van der Waals surface area contributed by atoms with Gasteiger partial charge in [0.2, 0.25) is 0 Å². The predicted molar refractivity (Wildman–Crippen MR) is 102 cm³/mol. The molecule has 1 aromatic heterocycles.